The van der Waals surface area contributed by atoms with Crippen molar-refractivity contribution in [3.63, 3.8) is 0 Å². The number of hydrogen-bond donors (Lipinski definition) is 1. The molecule has 0 saturated carbocycles. The second-order valence-corrected chi connectivity index (χ2v) is 7.04. The number of amides is 1. The van der Waals surface area contributed by atoms with E-state index in [1.807, 2.05) is 0 Å². The van der Waals surface area contributed by atoms with E-state index in [0.29, 0.717) is 28.4 Å². The molecular formula is C19H14F2N6OS. The fraction of sp³-hybridized carbons (Fsp3) is 0.105. The van der Waals surface area contributed by atoms with E-state index >= 15 is 0 Å². The maximum Gasteiger partial charge on any atom is 0.234 e. The highest BCUT2D eigenvalue weighted by atomic mass is 32.2. The first-order valence-corrected chi connectivity index (χ1v) is 9.54. The lowest BCUT2D eigenvalue weighted by molar-refractivity contribution is -0.113. The van der Waals surface area contributed by atoms with E-state index in [0.717, 1.165) is 5.56 Å². The van der Waals surface area contributed by atoms with Gasteiger partial charge in [-0.2, -0.15) is 0 Å². The minimum atomic E-state index is -0.425. The molecule has 2 heterocycles. The van der Waals surface area contributed by atoms with Gasteiger partial charge in [-0.25, -0.2) is 23.4 Å². The van der Waals surface area contributed by atoms with Gasteiger partial charge in [0.25, 0.3) is 0 Å². The Bertz CT molecular complexity index is 1170. The van der Waals surface area contributed by atoms with Crippen LogP contribution in [0.3, 0.4) is 0 Å². The average Bonchev–Trinajstić information content (AvgIpc) is 3.12. The Morgan fingerprint density at radius 1 is 1.07 bits per heavy atom. The van der Waals surface area contributed by atoms with Gasteiger partial charge in [0.2, 0.25) is 5.91 Å². The van der Waals surface area contributed by atoms with Crippen LogP contribution in [0.2, 0.25) is 0 Å². The number of halogens is 2. The maximum absolute atomic E-state index is 13.2. The number of aromatic nitrogens is 5. The topological polar surface area (TPSA) is 85.6 Å². The summed E-state index contributed by atoms with van der Waals surface area (Å²) in [7, 11) is 0. The van der Waals surface area contributed by atoms with Crippen LogP contribution in [-0.4, -0.2) is 36.6 Å². The Morgan fingerprint density at radius 3 is 2.69 bits per heavy atom. The minimum absolute atomic E-state index is 0.0629. The highest BCUT2D eigenvalue weighted by Crippen LogP contribution is 2.23. The molecule has 146 valence electrons. The zero-order chi connectivity index (χ0) is 20.2. The average molecular weight is 412 g/mol. The Morgan fingerprint density at radius 2 is 1.90 bits per heavy atom. The maximum atomic E-state index is 13.2. The molecule has 2 aromatic carbocycles. The van der Waals surface area contributed by atoms with Gasteiger partial charge in [-0.3, -0.25) is 4.79 Å². The highest BCUT2D eigenvalue weighted by Gasteiger charge is 2.14. The number of benzene rings is 2. The van der Waals surface area contributed by atoms with Crippen molar-refractivity contribution in [3.05, 3.63) is 72.1 Å². The van der Waals surface area contributed by atoms with E-state index in [1.165, 1.54) is 48.4 Å². The molecule has 0 unspecified atom stereocenters. The van der Waals surface area contributed by atoms with Crippen molar-refractivity contribution in [2.24, 2.45) is 0 Å². The van der Waals surface area contributed by atoms with Gasteiger partial charge in [0.05, 0.1) is 12.3 Å². The molecule has 29 heavy (non-hydrogen) atoms. The lowest BCUT2D eigenvalue weighted by Crippen LogP contribution is -2.14. The minimum Gasteiger partial charge on any atom is -0.325 e. The third-order valence-corrected chi connectivity index (χ3v) is 4.94. The summed E-state index contributed by atoms with van der Waals surface area (Å²) in [6.07, 6.45) is 1.37. The summed E-state index contributed by atoms with van der Waals surface area (Å²) in [6, 6.07) is 11.8. The Hall–Kier alpha value is -3.40. The first kappa shape index (κ1) is 18.9. The van der Waals surface area contributed by atoms with E-state index in [4.69, 9.17) is 0 Å². The summed E-state index contributed by atoms with van der Waals surface area (Å²) in [5.41, 5.74) is 2.21. The molecule has 7 nitrogen and oxygen atoms in total. The Kier molecular flexibility index (Phi) is 5.43. The van der Waals surface area contributed by atoms with Gasteiger partial charge >= 0.3 is 0 Å². The summed E-state index contributed by atoms with van der Waals surface area (Å²) >= 11 is 1.18. The predicted octanol–water partition coefficient (Wildman–Crippen LogP) is 3.28. The zero-order valence-electron chi connectivity index (χ0n) is 14.9. The molecule has 0 radical (unpaired) electrons. The smallest absolute Gasteiger partial charge is 0.234 e. The Balaban J connectivity index is 1.46. The SMILES string of the molecule is O=C(CSc1ncnc2c1nnn2Cc1ccc(F)cc1)Nc1cccc(F)c1. The molecule has 0 spiro atoms. The van der Waals surface area contributed by atoms with Crippen molar-refractivity contribution >= 4 is 34.5 Å². The number of thioether (sulfide) groups is 1. The fourth-order valence-corrected chi connectivity index (χ4v) is 3.37. The van der Waals surface area contributed by atoms with Gasteiger partial charge in [-0.15, -0.1) is 5.10 Å². The largest absolute Gasteiger partial charge is 0.325 e. The van der Waals surface area contributed by atoms with Gasteiger partial charge in [0, 0.05) is 5.69 Å². The van der Waals surface area contributed by atoms with Gasteiger partial charge in [-0.1, -0.05) is 35.2 Å². The molecule has 1 N–H and O–H groups in total. The summed E-state index contributed by atoms with van der Waals surface area (Å²) in [5, 5.41) is 11.3. The molecule has 0 aliphatic rings. The molecule has 4 rings (SSSR count). The van der Waals surface area contributed by atoms with Crippen LogP contribution in [-0.2, 0) is 11.3 Å². The van der Waals surface area contributed by atoms with Crippen molar-refractivity contribution in [2.75, 3.05) is 11.1 Å². The van der Waals surface area contributed by atoms with Gasteiger partial charge < -0.3 is 5.32 Å². The van der Waals surface area contributed by atoms with Crippen molar-refractivity contribution in [3.8, 4) is 0 Å². The number of carbonyl (C=O) groups is 1. The van der Waals surface area contributed by atoms with Gasteiger partial charge in [0.15, 0.2) is 11.2 Å². The van der Waals surface area contributed by atoms with Crippen LogP contribution in [0.25, 0.3) is 11.2 Å². The third kappa shape index (κ3) is 4.54. The quantitative estimate of drug-likeness (QED) is 0.386. The molecule has 4 aromatic rings. The first-order valence-electron chi connectivity index (χ1n) is 8.55. The van der Waals surface area contributed by atoms with Crippen molar-refractivity contribution in [2.45, 2.75) is 11.6 Å². The monoisotopic (exact) mass is 412 g/mol. The predicted molar refractivity (Wildman–Crippen MR) is 104 cm³/mol. The summed E-state index contributed by atoms with van der Waals surface area (Å²) in [4.78, 5) is 20.5. The lowest BCUT2D eigenvalue weighted by Gasteiger charge is -2.05. The Labute approximate surface area is 168 Å². The molecule has 0 aliphatic carbocycles. The second kappa shape index (κ2) is 8.31. The number of rotatable bonds is 6. The molecule has 1 amide bonds. The van der Waals surface area contributed by atoms with E-state index in [9.17, 15) is 13.6 Å². The van der Waals surface area contributed by atoms with E-state index in [1.54, 1.807) is 22.9 Å². The normalized spacial score (nSPS) is 11.0. The van der Waals surface area contributed by atoms with Gasteiger partial charge in [-0.05, 0) is 35.9 Å². The number of carbonyl (C=O) groups excluding carboxylic acids is 1. The highest BCUT2D eigenvalue weighted by molar-refractivity contribution is 8.00. The van der Waals surface area contributed by atoms with Crippen LogP contribution < -0.4 is 5.32 Å². The van der Waals surface area contributed by atoms with Crippen molar-refractivity contribution in [1.82, 2.24) is 25.0 Å². The standard InChI is InChI=1S/C19H14F2N6OS/c20-13-6-4-12(5-7-13)9-27-18-17(25-26-27)19(23-11-22-18)29-10-16(28)24-15-3-1-2-14(21)8-15/h1-8,11H,9-10H2,(H,24,28). The van der Waals surface area contributed by atoms with E-state index in [2.05, 4.69) is 25.6 Å². The van der Waals surface area contributed by atoms with E-state index < -0.39 is 5.82 Å². The number of nitrogens with one attached hydrogen (secondary N) is 1. The summed E-state index contributed by atoms with van der Waals surface area (Å²) in [6.45, 7) is 0.373. The van der Waals surface area contributed by atoms with Crippen LogP contribution in [0.1, 0.15) is 5.56 Å². The second-order valence-electron chi connectivity index (χ2n) is 6.07. The van der Waals surface area contributed by atoms with Crippen LogP contribution in [0.5, 0.6) is 0 Å². The summed E-state index contributed by atoms with van der Waals surface area (Å²) < 4.78 is 27.9. The van der Waals surface area contributed by atoms with Crippen LogP contribution in [0, 0.1) is 11.6 Å². The fourth-order valence-electron chi connectivity index (χ4n) is 2.64. The number of anilines is 1. The number of hydrogen-bond acceptors (Lipinski definition) is 6. The third-order valence-electron chi connectivity index (χ3n) is 3.96. The molecular weight excluding hydrogens is 398 g/mol. The van der Waals surface area contributed by atoms with Crippen LogP contribution in [0.15, 0.2) is 59.9 Å². The van der Waals surface area contributed by atoms with Crippen molar-refractivity contribution < 1.29 is 13.6 Å². The molecule has 0 aliphatic heterocycles. The molecule has 10 heteroatoms. The number of nitrogens with zero attached hydrogens (tertiary/aromatic N) is 5. The zero-order valence-corrected chi connectivity index (χ0v) is 15.7. The van der Waals surface area contributed by atoms with E-state index in [-0.39, 0.29) is 17.5 Å². The first-order chi connectivity index (χ1) is 14.1. The van der Waals surface area contributed by atoms with Crippen molar-refractivity contribution in [1.29, 1.82) is 0 Å². The summed E-state index contributed by atoms with van der Waals surface area (Å²) in [5.74, 6) is -0.973. The number of fused-ring (bicyclic) bond motifs is 1. The lowest BCUT2D eigenvalue weighted by atomic mass is 10.2. The van der Waals surface area contributed by atoms with Crippen LogP contribution >= 0.6 is 11.8 Å². The van der Waals surface area contributed by atoms with Gasteiger partial charge in [0.1, 0.15) is 23.0 Å². The molecule has 0 bridgehead atoms. The molecule has 0 atom stereocenters. The molecule has 0 saturated heterocycles. The molecule has 0 fully saturated rings. The van der Waals surface area contributed by atoms with Crippen LogP contribution in [0.4, 0.5) is 14.5 Å². The molecule has 2 aromatic heterocycles.